The summed E-state index contributed by atoms with van der Waals surface area (Å²) in [5.41, 5.74) is 2.06. The number of nitro groups is 1. The molecule has 0 radical (unpaired) electrons. The fraction of sp³-hybridized carbons (Fsp3) is 0.250. The standard InChI is InChI=1S/C20H20N2O6/c1-3-28-20(25)19-12(2)21(17-9-8-15(23)10-16(17)19)11-18(24)13-4-6-14(7-5-13)22(26)27/h4-10,18,23-24H,3,11H2,1-2H3/t18-/m0/s1. The van der Waals surface area contributed by atoms with Crippen molar-refractivity contribution >= 4 is 22.6 Å². The quantitative estimate of drug-likeness (QED) is 0.382. The van der Waals surface area contributed by atoms with Crippen LogP contribution in [0.2, 0.25) is 0 Å². The maximum absolute atomic E-state index is 12.4. The Labute approximate surface area is 160 Å². The molecule has 0 unspecified atom stereocenters. The summed E-state index contributed by atoms with van der Waals surface area (Å²) in [6.07, 6.45) is -0.945. The lowest BCUT2D eigenvalue weighted by Gasteiger charge is -2.15. The molecule has 0 aliphatic rings. The summed E-state index contributed by atoms with van der Waals surface area (Å²) in [5, 5.41) is 31.8. The van der Waals surface area contributed by atoms with E-state index in [-0.39, 0.29) is 24.6 Å². The number of phenolic OH excluding ortho intramolecular Hbond substituents is 1. The van der Waals surface area contributed by atoms with Crippen molar-refractivity contribution < 1.29 is 24.7 Å². The van der Waals surface area contributed by atoms with Gasteiger partial charge in [0, 0.05) is 28.7 Å². The van der Waals surface area contributed by atoms with Gasteiger partial charge >= 0.3 is 5.97 Å². The molecular formula is C20H20N2O6. The fourth-order valence-electron chi connectivity index (χ4n) is 3.26. The topological polar surface area (TPSA) is 115 Å². The first-order chi connectivity index (χ1) is 13.3. The zero-order valence-electron chi connectivity index (χ0n) is 15.5. The number of aromatic nitrogens is 1. The Hall–Kier alpha value is -3.39. The highest BCUT2D eigenvalue weighted by molar-refractivity contribution is 6.06. The van der Waals surface area contributed by atoms with Gasteiger partial charge in [-0.05, 0) is 49.7 Å². The van der Waals surface area contributed by atoms with Gasteiger partial charge in [0.05, 0.1) is 29.7 Å². The van der Waals surface area contributed by atoms with E-state index < -0.39 is 17.0 Å². The number of esters is 1. The van der Waals surface area contributed by atoms with Crippen LogP contribution in [0.25, 0.3) is 10.9 Å². The molecule has 1 atom stereocenters. The molecular weight excluding hydrogens is 364 g/mol. The number of non-ortho nitro benzene ring substituents is 1. The van der Waals surface area contributed by atoms with E-state index in [0.717, 1.165) is 0 Å². The lowest BCUT2D eigenvalue weighted by molar-refractivity contribution is -0.384. The van der Waals surface area contributed by atoms with Crippen LogP contribution in [0, 0.1) is 17.0 Å². The summed E-state index contributed by atoms with van der Waals surface area (Å²) < 4.78 is 6.91. The molecule has 2 N–H and O–H groups in total. The molecule has 0 spiro atoms. The summed E-state index contributed by atoms with van der Waals surface area (Å²) in [4.78, 5) is 22.7. The normalized spacial score (nSPS) is 12.1. The van der Waals surface area contributed by atoms with E-state index in [0.29, 0.717) is 27.7 Å². The number of carbonyl (C=O) groups is 1. The van der Waals surface area contributed by atoms with Gasteiger partial charge in [0.15, 0.2) is 0 Å². The van der Waals surface area contributed by atoms with Gasteiger partial charge in [-0.15, -0.1) is 0 Å². The van der Waals surface area contributed by atoms with Crippen molar-refractivity contribution in [1.82, 2.24) is 4.57 Å². The van der Waals surface area contributed by atoms with Crippen LogP contribution in [-0.2, 0) is 11.3 Å². The number of aromatic hydroxyl groups is 1. The molecule has 8 nitrogen and oxygen atoms in total. The molecule has 8 heteroatoms. The van der Waals surface area contributed by atoms with E-state index in [1.54, 1.807) is 24.5 Å². The number of hydrogen-bond acceptors (Lipinski definition) is 6. The van der Waals surface area contributed by atoms with E-state index >= 15 is 0 Å². The van der Waals surface area contributed by atoms with Crippen molar-refractivity contribution in [1.29, 1.82) is 0 Å². The van der Waals surface area contributed by atoms with Gasteiger partial charge in [0.1, 0.15) is 5.75 Å². The molecule has 28 heavy (non-hydrogen) atoms. The number of aliphatic hydroxyl groups is 1. The maximum atomic E-state index is 12.4. The number of benzene rings is 2. The molecule has 0 fully saturated rings. The second kappa shape index (κ2) is 7.69. The van der Waals surface area contributed by atoms with Crippen LogP contribution < -0.4 is 0 Å². The van der Waals surface area contributed by atoms with Crippen LogP contribution in [-0.4, -0.2) is 32.3 Å². The SMILES string of the molecule is CCOC(=O)c1c(C)n(C[C@H](O)c2ccc([N+](=O)[O-])cc2)c2ccc(O)cc12. The van der Waals surface area contributed by atoms with Gasteiger partial charge < -0.3 is 19.5 Å². The highest BCUT2D eigenvalue weighted by Gasteiger charge is 2.23. The summed E-state index contributed by atoms with van der Waals surface area (Å²) in [6, 6.07) is 10.3. The molecule has 0 aliphatic carbocycles. The minimum atomic E-state index is -0.945. The number of aliphatic hydroxyl groups excluding tert-OH is 1. The number of nitro benzene ring substituents is 1. The third kappa shape index (κ3) is 3.54. The van der Waals surface area contributed by atoms with Crippen LogP contribution in [0.4, 0.5) is 5.69 Å². The van der Waals surface area contributed by atoms with E-state index in [1.807, 2.05) is 0 Å². The van der Waals surface area contributed by atoms with Crippen LogP contribution in [0.3, 0.4) is 0 Å². The van der Waals surface area contributed by atoms with Gasteiger partial charge in [-0.3, -0.25) is 10.1 Å². The van der Waals surface area contributed by atoms with Crippen LogP contribution in [0.5, 0.6) is 5.75 Å². The smallest absolute Gasteiger partial charge is 0.340 e. The molecule has 2 aromatic carbocycles. The molecule has 3 aromatic rings. The molecule has 0 bridgehead atoms. The molecule has 146 valence electrons. The van der Waals surface area contributed by atoms with Gasteiger partial charge in [-0.25, -0.2) is 4.79 Å². The van der Waals surface area contributed by atoms with Crippen molar-refractivity contribution in [2.75, 3.05) is 6.61 Å². The first-order valence-electron chi connectivity index (χ1n) is 8.74. The highest BCUT2D eigenvalue weighted by atomic mass is 16.6. The maximum Gasteiger partial charge on any atom is 0.340 e. The first kappa shape index (κ1) is 19.4. The Morgan fingerprint density at radius 1 is 1.25 bits per heavy atom. The number of carbonyl (C=O) groups excluding carboxylic acids is 1. The Balaban J connectivity index is 2.01. The zero-order chi connectivity index (χ0) is 20.4. The summed E-state index contributed by atoms with van der Waals surface area (Å²) in [6.45, 7) is 3.80. The average molecular weight is 384 g/mol. The van der Waals surface area contributed by atoms with Crippen molar-refractivity contribution in [2.45, 2.75) is 26.5 Å². The largest absolute Gasteiger partial charge is 0.508 e. The Morgan fingerprint density at radius 2 is 1.93 bits per heavy atom. The number of fused-ring (bicyclic) bond motifs is 1. The van der Waals surface area contributed by atoms with E-state index in [2.05, 4.69) is 0 Å². The Kier molecular flexibility index (Phi) is 5.32. The third-order valence-corrected chi connectivity index (χ3v) is 4.63. The Morgan fingerprint density at radius 3 is 2.54 bits per heavy atom. The van der Waals surface area contributed by atoms with Gasteiger partial charge in [-0.1, -0.05) is 0 Å². The molecule has 0 saturated carbocycles. The van der Waals surface area contributed by atoms with Gasteiger partial charge in [-0.2, -0.15) is 0 Å². The average Bonchev–Trinajstić information content (AvgIpc) is 2.93. The van der Waals surface area contributed by atoms with Gasteiger partial charge in [0.25, 0.3) is 5.69 Å². The van der Waals surface area contributed by atoms with Crippen molar-refractivity contribution in [3.8, 4) is 5.75 Å². The first-order valence-corrected chi connectivity index (χ1v) is 8.74. The van der Waals surface area contributed by atoms with Crippen molar-refractivity contribution in [3.05, 3.63) is 69.4 Å². The molecule has 1 aromatic heterocycles. The van der Waals surface area contributed by atoms with Gasteiger partial charge in [0.2, 0.25) is 0 Å². The minimum absolute atomic E-state index is 0.0196. The van der Waals surface area contributed by atoms with Crippen LogP contribution in [0.1, 0.15) is 34.6 Å². The lowest BCUT2D eigenvalue weighted by atomic mass is 10.1. The summed E-state index contributed by atoms with van der Waals surface area (Å²) >= 11 is 0. The van der Waals surface area contributed by atoms with Crippen LogP contribution >= 0.6 is 0 Å². The van der Waals surface area contributed by atoms with Crippen molar-refractivity contribution in [3.63, 3.8) is 0 Å². The second-order valence-electron chi connectivity index (χ2n) is 6.36. The monoisotopic (exact) mass is 384 g/mol. The molecule has 0 aliphatic heterocycles. The molecule has 3 rings (SSSR count). The van der Waals surface area contributed by atoms with E-state index in [4.69, 9.17) is 4.74 Å². The number of nitrogens with zero attached hydrogens (tertiary/aromatic N) is 2. The minimum Gasteiger partial charge on any atom is -0.508 e. The lowest BCUT2D eigenvalue weighted by Crippen LogP contribution is -2.12. The summed E-state index contributed by atoms with van der Waals surface area (Å²) in [7, 11) is 0. The predicted octanol–water partition coefficient (Wildman–Crippen LogP) is 3.47. The highest BCUT2D eigenvalue weighted by Crippen LogP contribution is 2.31. The molecule has 0 saturated heterocycles. The predicted molar refractivity (Wildman–Crippen MR) is 102 cm³/mol. The number of hydrogen-bond donors (Lipinski definition) is 2. The number of phenols is 1. The Bertz CT molecular complexity index is 1040. The van der Waals surface area contributed by atoms with E-state index in [1.165, 1.54) is 36.4 Å². The number of ether oxygens (including phenoxy) is 1. The van der Waals surface area contributed by atoms with Crippen LogP contribution in [0.15, 0.2) is 42.5 Å². The molecule has 1 heterocycles. The summed E-state index contributed by atoms with van der Waals surface area (Å²) in [5.74, 6) is -0.481. The fourth-order valence-corrected chi connectivity index (χ4v) is 3.26. The second-order valence-corrected chi connectivity index (χ2v) is 6.36. The number of rotatable bonds is 6. The third-order valence-electron chi connectivity index (χ3n) is 4.63. The van der Waals surface area contributed by atoms with E-state index in [9.17, 15) is 25.1 Å². The molecule has 0 amide bonds. The van der Waals surface area contributed by atoms with Crippen molar-refractivity contribution in [2.24, 2.45) is 0 Å². The zero-order valence-corrected chi connectivity index (χ0v) is 15.5.